The second kappa shape index (κ2) is 6.44. The normalized spacial score (nSPS) is 19.7. The third kappa shape index (κ3) is 4.87. The van der Waals surface area contributed by atoms with Gasteiger partial charge in [0, 0.05) is 13.1 Å². The van der Waals surface area contributed by atoms with E-state index >= 15 is 0 Å². The lowest BCUT2D eigenvalue weighted by molar-refractivity contribution is 0.0161. The molecule has 0 aromatic heterocycles. The van der Waals surface area contributed by atoms with E-state index in [0.717, 1.165) is 37.8 Å². The fraction of sp³-hybridized carbons (Fsp3) is 0.933. The second-order valence-corrected chi connectivity index (χ2v) is 6.57. The van der Waals surface area contributed by atoms with Gasteiger partial charge in [0.05, 0.1) is 0 Å². The molecule has 3 nitrogen and oxygen atoms in total. The van der Waals surface area contributed by atoms with Gasteiger partial charge >= 0.3 is 6.09 Å². The van der Waals surface area contributed by atoms with E-state index in [4.69, 9.17) is 4.74 Å². The lowest BCUT2D eigenvalue weighted by Gasteiger charge is -2.35. The zero-order chi connectivity index (χ0) is 13.8. The monoisotopic (exact) mass is 255 g/mol. The number of ether oxygens (including phenoxy) is 1. The molecule has 0 spiro atoms. The Kier molecular flexibility index (Phi) is 5.48. The minimum absolute atomic E-state index is 0.149. The summed E-state index contributed by atoms with van der Waals surface area (Å²) in [7, 11) is 0. The largest absolute Gasteiger partial charge is 0.444 e. The molecule has 1 atom stereocenters. The third-order valence-corrected chi connectivity index (χ3v) is 3.74. The van der Waals surface area contributed by atoms with E-state index in [1.165, 1.54) is 12.8 Å². The molecule has 1 saturated heterocycles. The van der Waals surface area contributed by atoms with E-state index in [-0.39, 0.29) is 11.7 Å². The van der Waals surface area contributed by atoms with Crippen molar-refractivity contribution in [1.29, 1.82) is 0 Å². The Hall–Kier alpha value is -0.730. The molecule has 0 aromatic carbocycles. The zero-order valence-electron chi connectivity index (χ0n) is 12.7. The van der Waals surface area contributed by atoms with E-state index in [9.17, 15) is 4.79 Å². The third-order valence-electron chi connectivity index (χ3n) is 3.74. The van der Waals surface area contributed by atoms with Gasteiger partial charge in [0.1, 0.15) is 5.60 Å². The van der Waals surface area contributed by atoms with Crippen LogP contribution in [0.3, 0.4) is 0 Å². The van der Waals surface area contributed by atoms with Gasteiger partial charge in [0.2, 0.25) is 0 Å². The van der Waals surface area contributed by atoms with Gasteiger partial charge in [-0.25, -0.2) is 4.79 Å². The minimum Gasteiger partial charge on any atom is -0.444 e. The molecule has 3 heteroatoms. The molecule has 0 radical (unpaired) electrons. The molecule has 1 heterocycles. The quantitative estimate of drug-likeness (QED) is 0.760. The Balaban J connectivity index is 2.37. The van der Waals surface area contributed by atoms with Crippen molar-refractivity contribution in [3.05, 3.63) is 0 Å². The molecule has 1 unspecified atom stereocenters. The second-order valence-electron chi connectivity index (χ2n) is 6.57. The maximum atomic E-state index is 11.9. The average Bonchev–Trinajstić information content (AvgIpc) is 2.27. The standard InChI is InChI=1S/C15H29NO2/c1-6-7-12(2)13-8-10-16(11-9-13)14(17)18-15(3,4)5/h12-13H,6-11H2,1-5H3. The first-order valence-corrected chi connectivity index (χ1v) is 7.31. The van der Waals surface area contributed by atoms with Gasteiger partial charge < -0.3 is 9.64 Å². The van der Waals surface area contributed by atoms with Crippen LogP contribution < -0.4 is 0 Å². The molecule has 0 N–H and O–H groups in total. The summed E-state index contributed by atoms with van der Waals surface area (Å²) in [6, 6.07) is 0. The Morgan fingerprint density at radius 1 is 1.33 bits per heavy atom. The number of nitrogens with zero attached hydrogens (tertiary/aromatic N) is 1. The maximum absolute atomic E-state index is 11.9. The molecule has 1 aliphatic rings. The summed E-state index contributed by atoms with van der Waals surface area (Å²) in [6.07, 6.45) is 4.66. The molecule has 0 aromatic rings. The lowest BCUT2D eigenvalue weighted by atomic mass is 9.83. The van der Waals surface area contributed by atoms with Crippen LogP contribution in [-0.2, 0) is 4.74 Å². The van der Waals surface area contributed by atoms with Gasteiger partial charge in [-0.2, -0.15) is 0 Å². The number of hydrogen-bond acceptors (Lipinski definition) is 2. The number of carbonyl (C=O) groups is 1. The molecule has 1 amide bonds. The van der Waals surface area contributed by atoms with Crippen LogP contribution in [0.2, 0.25) is 0 Å². The van der Waals surface area contributed by atoms with Crippen LogP contribution in [0.4, 0.5) is 4.79 Å². The summed E-state index contributed by atoms with van der Waals surface area (Å²) in [5, 5.41) is 0. The molecular formula is C15H29NO2. The van der Waals surface area contributed by atoms with Crippen LogP contribution in [-0.4, -0.2) is 29.7 Å². The van der Waals surface area contributed by atoms with Gasteiger partial charge in [-0.1, -0.05) is 26.7 Å². The summed E-state index contributed by atoms with van der Waals surface area (Å²) >= 11 is 0. The zero-order valence-corrected chi connectivity index (χ0v) is 12.7. The first kappa shape index (κ1) is 15.3. The van der Waals surface area contributed by atoms with Gasteiger partial charge in [0.25, 0.3) is 0 Å². The van der Waals surface area contributed by atoms with Crippen LogP contribution in [0.1, 0.15) is 60.3 Å². The van der Waals surface area contributed by atoms with Crippen LogP contribution in [0, 0.1) is 11.8 Å². The minimum atomic E-state index is -0.385. The predicted octanol–water partition coefficient (Wildman–Crippen LogP) is 4.07. The highest BCUT2D eigenvalue weighted by molar-refractivity contribution is 5.68. The molecule has 1 rings (SSSR count). The van der Waals surface area contributed by atoms with Gasteiger partial charge in [0.15, 0.2) is 0 Å². The molecular weight excluding hydrogens is 226 g/mol. The van der Waals surface area contributed by atoms with Crippen LogP contribution in [0.25, 0.3) is 0 Å². The van der Waals surface area contributed by atoms with E-state index in [0.29, 0.717) is 0 Å². The first-order valence-electron chi connectivity index (χ1n) is 7.31. The summed E-state index contributed by atoms with van der Waals surface area (Å²) in [6.45, 7) is 12.0. The molecule has 1 aliphatic heterocycles. The number of carbonyl (C=O) groups excluding carboxylic acids is 1. The Morgan fingerprint density at radius 2 is 1.89 bits per heavy atom. The maximum Gasteiger partial charge on any atom is 0.410 e. The smallest absolute Gasteiger partial charge is 0.410 e. The van der Waals surface area contributed by atoms with Crippen molar-refractivity contribution in [2.75, 3.05) is 13.1 Å². The Morgan fingerprint density at radius 3 is 2.33 bits per heavy atom. The fourth-order valence-electron chi connectivity index (χ4n) is 2.67. The Labute approximate surface area is 112 Å². The number of hydrogen-bond donors (Lipinski definition) is 0. The number of rotatable bonds is 3. The molecule has 0 bridgehead atoms. The summed E-state index contributed by atoms with van der Waals surface area (Å²) in [4.78, 5) is 13.8. The average molecular weight is 255 g/mol. The SMILES string of the molecule is CCCC(C)C1CCN(C(=O)OC(C)(C)C)CC1. The van der Waals surface area contributed by atoms with E-state index in [2.05, 4.69) is 13.8 Å². The van der Waals surface area contributed by atoms with Crippen molar-refractivity contribution in [3.63, 3.8) is 0 Å². The van der Waals surface area contributed by atoms with Gasteiger partial charge in [-0.3, -0.25) is 0 Å². The Bertz CT molecular complexity index is 262. The number of amides is 1. The van der Waals surface area contributed by atoms with Crippen molar-refractivity contribution < 1.29 is 9.53 Å². The lowest BCUT2D eigenvalue weighted by Crippen LogP contribution is -2.42. The first-order chi connectivity index (χ1) is 8.33. The van der Waals surface area contributed by atoms with E-state index in [1.54, 1.807) is 0 Å². The van der Waals surface area contributed by atoms with Crippen molar-refractivity contribution >= 4 is 6.09 Å². The predicted molar refractivity (Wildman–Crippen MR) is 74.6 cm³/mol. The summed E-state index contributed by atoms with van der Waals surface area (Å²) in [5.41, 5.74) is -0.385. The van der Waals surface area contributed by atoms with Gasteiger partial charge in [-0.05, 0) is 45.4 Å². The highest BCUT2D eigenvalue weighted by Crippen LogP contribution is 2.28. The molecule has 0 aliphatic carbocycles. The van der Waals surface area contributed by atoms with Crippen LogP contribution in [0.15, 0.2) is 0 Å². The summed E-state index contributed by atoms with van der Waals surface area (Å²) < 4.78 is 5.41. The fourth-order valence-corrected chi connectivity index (χ4v) is 2.67. The van der Waals surface area contributed by atoms with Crippen molar-refractivity contribution in [1.82, 2.24) is 4.90 Å². The molecule has 18 heavy (non-hydrogen) atoms. The van der Waals surface area contributed by atoms with Crippen molar-refractivity contribution in [2.24, 2.45) is 11.8 Å². The van der Waals surface area contributed by atoms with Gasteiger partial charge in [-0.15, -0.1) is 0 Å². The van der Waals surface area contributed by atoms with Crippen LogP contribution >= 0.6 is 0 Å². The number of piperidine rings is 1. The topological polar surface area (TPSA) is 29.5 Å². The molecule has 106 valence electrons. The van der Waals surface area contributed by atoms with Crippen molar-refractivity contribution in [3.8, 4) is 0 Å². The highest BCUT2D eigenvalue weighted by Gasteiger charge is 2.28. The van der Waals surface area contributed by atoms with Crippen molar-refractivity contribution in [2.45, 2.75) is 65.9 Å². The highest BCUT2D eigenvalue weighted by atomic mass is 16.6. The summed E-state index contributed by atoms with van der Waals surface area (Å²) in [5.74, 6) is 1.57. The number of likely N-dealkylation sites (tertiary alicyclic amines) is 1. The van der Waals surface area contributed by atoms with Crippen LogP contribution in [0.5, 0.6) is 0 Å². The van der Waals surface area contributed by atoms with E-state index < -0.39 is 0 Å². The van der Waals surface area contributed by atoms with E-state index in [1.807, 2.05) is 25.7 Å². The molecule has 1 fully saturated rings. The molecule has 0 saturated carbocycles.